The fourth-order valence-electron chi connectivity index (χ4n) is 1.40. The normalized spacial score (nSPS) is 11.4. The van der Waals surface area contributed by atoms with Gasteiger partial charge in [-0.05, 0) is 46.0 Å². The van der Waals surface area contributed by atoms with Gasteiger partial charge in [-0.15, -0.1) is 11.6 Å². The maximum atomic E-state index is 11.9. The van der Waals surface area contributed by atoms with Crippen molar-refractivity contribution < 1.29 is 4.79 Å². The van der Waals surface area contributed by atoms with Crippen molar-refractivity contribution in [2.75, 3.05) is 12.4 Å². The lowest BCUT2D eigenvalue weighted by molar-refractivity contribution is 0.0936. The first-order valence-electron chi connectivity index (χ1n) is 5.65. The lowest BCUT2D eigenvalue weighted by Crippen LogP contribution is -2.34. The van der Waals surface area contributed by atoms with E-state index in [1.165, 1.54) is 0 Å². The minimum absolute atomic E-state index is 0.00340. The summed E-state index contributed by atoms with van der Waals surface area (Å²) < 4.78 is 0.781. The summed E-state index contributed by atoms with van der Waals surface area (Å²) in [6, 6.07) is 5.15. The van der Waals surface area contributed by atoms with Crippen molar-refractivity contribution in [3.63, 3.8) is 0 Å². The maximum Gasteiger partial charge on any atom is 0.251 e. The van der Waals surface area contributed by atoms with Crippen LogP contribution in [0.15, 0.2) is 22.7 Å². The fraction of sp³-hybridized carbons (Fsp3) is 0.462. The molecule has 0 spiro atoms. The quantitative estimate of drug-likeness (QED) is 0.777. The largest absolute Gasteiger partial charge is 0.352 e. The number of hydrogen-bond donors (Lipinski definition) is 1. The molecule has 0 unspecified atom stereocenters. The Morgan fingerprint density at radius 2 is 2.11 bits per heavy atom. The van der Waals surface area contributed by atoms with Crippen LogP contribution in [0.25, 0.3) is 0 Å². The van der Waals surface area contributed by atoms with Crippen LogP contribution in [-0.4, -0.2) is 18.3 Å². The van der Waals surface area contributed by atoms with Crippen molar-refractivity contribution in [1.82, 2.24) is 5.32 Å². The topological polar surface area (TPSA) is 29.1 Å². The lowest BCUT2D eigenvalue weighted by Gasteiger charge is -2.23. The third-order valence-corrected chi connectivity index (χ3v) is 4.10. The second-order valence-electron chi connectivity index (χ2n) is 4.91. The van der Waals surface area contributed by atoms with E-state index in [1.54, 1.807) is 18.2 Å². The summed E-state index contributed by atoms with van der Waals surface area (Å²) in [5.74, 6) is 0.472. The van der Waals surface area contributed by atoms with E-state index in [2.05, 4.69) is 35.1 Å². The van der Waals surface area contributed by atoms with Crippen molar-refractivity contribution in [1.29, 1.82) is 0 Å². The van der Waals surface area contributed by atoms with Gasteiger partial charge in [0.15, 0.2) is 0 Å². The molecular weight excluding hydrogens is 337 g/mol. The first-order chi connectivity index (χ1) is 8.35. The van der Waals surface area contributed by atoms with Gasteiger partial charge >= 0.3 is 0 Å². The lowest BCUT2D eigenvalue weighted by atomic mass is 9.90. The Morgan fingerprint density at radius 1 is 1.44 bits per heavy atom. The molecule has 0 saturated carbocycles. The van der Waals surface area contributed by atoms with E-state index in [-0.39, 0.29) is 11.3 Å². The highest BCUT2D eigenvalue weighted by atomic mass is 79.9. The summed E-state index contributed by atoms with van der Waals surface area (Å²) in [6.45, 7) is 4.74. The second kappa shape index (κ2) is 6.78. The molecule has 1 rings (SSSR count). The minimum Gasteiger partial charge on any atom is -0.352 e. The highest BCUT2D eigenvalue weighted by molar-refractivity contribution is 9.10. The number of carbonyl (C=O) groups is 1. The Balaban J connectivity index is 2.63. The van der Waals surface area contributed by atoms with Gasteiger partial charge in [-0.25, -0.2) is 0 Å². The molecule has 0 aliphatic rings. The van der Waals surface area contributed by atoms with Crippen LogP contribution in [-0.2, 0) is 0 Å². The number of rotatable bonds is 5. The number of benzene rings is 1. The molecule has 0 aliphatic carbocycles. The van der Waals surface area contributed by atoms with Gasteiger partial charge in [0.2, 0.25) is 0 Å². The number of hydrogen-bond acceptors (Lipinski definition) is 1. The molecule has 0 aliphatic heterocycles. The molecular formula is C13H16BrCl2NO. The van der Waals surface area contributed by atoms with Crippen LogP contribution in [0.5, 0.6) is 0 Å². The summed E-state index contributed by atoms with van der Waals surface area (Å²) in [5, 5.41) is 3.43. The third kappa shape index (κ3) is 4.79. The zero-order valence-electron chi connectivity index (χ0n) is 10.4. The first kappa shape index (κ1) is 15.8. The molecule has 0 atom stereocenters. The van der Waals surface area contributed by atoms with Crippen LogP contribution in [0.2, 0.25) is 5.02 Å². The van der Waals surface area contributed by atoms with Crippen LogP contribution in [0.1, 0.15) is 30.6 Å². The molecule has 0 bridgehead atoms. The molecule has 1 aromatic carbocycles. The molecule has 1 aromatic rings. The van der Waals surface area contributed by atoms with Crippen LogP contribution < -0.4 is 5.32 Å². The Kier molecular flexibility index (Phi) is 5.96. The molecule has 1 N–H and O–H groups in total. The summed E-state index contributed by atoms with van der Waals surface area (Å²) in [5.41, 5.74) is 0.557. The van der Waals surface area contributed by atoms with Gasteiger partial charge in [0.1, 0.15) is 0 Å². The predicted molar refractivity (Wildman–Crippen MR) is 80.6 cm³/mol. The molecule has 100 valence electrons. The molecule has 0 heterocycles. The van der Waals surface area contributed by atoms with Gasteiger partial charge < -0.3 is 5.32 Å². The molecule has 0 radical (unpaired) electrons. The Bertz CT molecular complexity index is 435. The average molecular weight is 353 g/mol. The standard InChI is InChI=1S/C13H16BrCl2NO/c1-13(2,5-6-15)8-17-12(18)9-3-4-10(14)11(16)7-9/h3-4,7H,5-6,8H2,1-2H3,(H,17,18). The third-order valence-electron chi connectivity index (χ3n) is 2.68. The van der Waals surface area contributed by atoms with Gasteiger partial charge in [-0.3, -0.25) is 4.79 Å². The van der Waals surface area contributed by atoms with Gasteiger partial charge in [0.05, 0.1) is 5.02 Å². The first-order valence-corrected chi connectivity index (χ1v) is 7.35. The van der Waals surface area contributed by atoms with Crippen LogP contribution in [0, 0.1) is 5.41 Å². The number of alkyl halides is 1. The van der Waals surface area contributed by atoms with Crippen LogP contribution in [0.4, 0.5) is 0 Å². The highest BCUT2D eigenvalue weighted by Crippen LogP contribution is 2.23. The zero-order valence-corrected chi connectivity index (χ0v) is 13.5. The Morgan fingerprint density at radius 3 is 2.67 bits per heavy atom. The maximum absolute atomic E-state index is 11.9. The van der Waals surface area contributed by atoms with E-state index in [0.717, 1.165) is 10.9 Å². The molecule has 2 nitrogen and oxygen atoms in total. The Hall–Kier alpha value is -0.250. The van der Waals surface area contributed by atoms with E-state index in [1.807, 2.05) is 0 Å². The molecule has 0 saturated heterocycles. The SMILES string of the molecule is CC(C)(CCCl)CNC(=O)c1ccc(Br)c(Cl)c1. The van der Waals surface area contributed by atoms with Crippen molar-refractivity contribution in [2.24, 2.45) is 5.41 Å². The zero-order chi connectivity index (χ0) is 13.8. The summed E-state index contributed by atoms with van der Waals surface area (Å²) in [7, 11) is 0. The van der Waals surface area contributed by atoms with Crippen molar-refractivity contribution >= 4 is 45.0 Å². The molecule has 0 aromatic heterocycles. The predicted octanol–water partition coefficient (Wildman–Crippen LogP) is 4.49. The number of halogens is 3. The molecule has 1 amide bonds. The fourth-order valence-corrected chi connectivity index (χ4v) is 2.34. The van der Waals surface area contributed by atoms with Crippen LogP contribution >= 0.6 is 39.1 Å². The second-order valence-corrected chi connectivity index (χ2v) is 6.55. The summed E-state index contributed by atoms with van der Waals surface area (Å²) in [6.07, 6.45) is 0.857. The number of carbonyl (C=O) groups excluding carboxylic acids is 1. The smallest absolute Gasteiger partial charge is 0.251 e. The minimum atomic E-state index is -0.118. The highest BCUT2D eigenvalue weighted by Gasteiger charge is 2.18. The van der Waals surface area contributed by atoms with Gasteiger partial charge in [-0.2, -0.15) is 0 Å². The monoisotopic (exact) mass is 351 g/mol. The van der Waals surface area contributed by atoms with E-state index < -0.39 is 0 Å². The summed E-state index contributed by atoms with van der Waals surface area (Å²) >= 11 is 15.0. The average Bonchev–Trinajstić information content (AvgIpc) is 2.30. The molecule has 0 fully saturated rings. The van der Waals surface area contributed by atoms with Gasteiger partial charge in [0, 0.05) is 22.5 Å². The van der Waals surface area contributed by atoms with Crippen molar-refractivity contribution in [2.45, 2.75) is 20.3 Å². The van der Waals surface area contributed by atoms with Crippen molar-refractivity contribution in [3.8, 4) is 0 Å². The summed E-state index contributed by atoms with van der Waals surface area (Å²) in [4.78, 5) is 11.9. The molecule has 18 heavy (non-hydrogen) atoms. The number of amides is 1. The van der Waals surface area contributed by atoms with E-state index in [0.29, 0.717) is 23.0 Å². The molecule has 5 heteroatoms. The van der Waals surface area contributed by atoms with Gasteiger partial charge in [-0.1, -0.05) is 25.4 Å². The van der Waals surface area contributed by atoms with Crippen LogP contribution in [0.3, 0.4) is 0 Å². The van der Waals surface area contributed by atoms with Crippen molar-refractivity contribution in [3.05, 3.63) is 33.3 Å². The number of nitrogens with one attached hydrogen (secondary N) is 1. The van der Waals surface area contributed by atoms with E-state index >= 15 is 0 Å². The Labute approximate surface area is 126 Å². The van der Waals surface area contributed by atoms with Gasteiger partial charge in [0.25, 0.3) is 5.91 Å². The van der Waals surface area contributed by atoms with E-state index in [4.69, 9.17) is 23.2 Å². The van der Waals surface area contributed by atoms with E-state index in [9.17, 15) is 4.79 Å².